The molecule has 3 nitrogen and oxygen atoms in total. The molecule has 1 aromatic carbocycles. The second-order valence-corrected chi connectivity index (χ2v) is 4.88. The van der Waals surface area contributed by atoms with Gasteiger partial charge < -0.3 is 14.3 Å². The maximum atomic E-state index is 9.82. The van der Waals surface area contributed by atoms with Crippen molar-refractivity contribution >= 4 is 0 Å². The average molecular weight is 268 g/mol. The molecule has 0 spiro atoms. The molecule has 1 aliphatic carbocycles. The van der Waals surface area contributed by atoms with Gasteiger partial charge in [-0.15, -0.1) is 0 Å². The van der Waals surface area contributed by atoms with Crippen LogP contribution in [0.4, 0.5) is 0 Å². The zero-order valence-corrected chi connectivity index (χ0v) is 11.5. The van der Waals surface area contributed by atoms with Gasteiger partial charge in [-0.25, -0.2) is 0 Å². The largest absolute Gasteiger partial charge is 0.497 e. The maximum absolute atomic E-state index is 9.82. The molecule has 0 saturated carbocycles. The molecule has 2 aliphatic rings. The second kappa shape index (κ2) is 4.93. The monoisotopic (exact) mass is 268 g/mol. The Kier molecular flexibility index (Phi) is 3.11. The molecule has 3 rings (SSSR count). The number of ether oxygens (including phenoxy) is 1. The van der Waals surface area contributed by atoms with Crippen molar-refractivity contribution in [3.8, 4) is 22.8 Å². The highest BCUT2D eigenvalue weighted by atomic mass is 16.5. The number of methoxy groups -OCH3 is 1. The first-order valence-electron chi connectivity index (χ1n) is 6.50. The molecule has 1 aliphatic heterocycles. The van der Waals surface area contributed by atoms with Crippen LogP contribution in [0, 0.1) is 6.92 Å². The maximum Gasteiger partial charge on any atom is 0.290 e. The number of fused-ring (bicyclic) bond motifs is 1. The number of hydrogen-bond acceptors (Lipinski definition) is 3. The van der Waals surface area contributed by atoms with Gasteiger partial charge in [0.2, 0.25) is 0 Å². The van der Waals surface area contributed by atoms with E-state index in [-0.39, 0.29) is 5.95 Å². The van der Waals surface area contributed by atoms with Crippen molar-refractivity contribution in [2.75, 3.05) is 7.11 Å². The van der Waals surface area contributed by atoms with Crippen molar-refractivity contribution < 1.29 is 14.3 Å². The van der Waals surface area contributed by atoms with E-state index in [0.29, 0.717) is 0 Å². The van der Waals surface area contributed by atoms with Crippen molar-refractivity contribution in [2.24, 2.45) is 0 Å². The summed E-state index contributed by atoms with van der Waals surface area (Å²) in [5, 5.41) is 9.82. The van der Waals surface area contributed by atoms with Crippen LogP contribution in [0.1, 0.15) is 16.7 Å². The van der Waals surface area contributed by atoms with Crippen LogP contribution in [-0.4, -0.2) is 12.2 Å². The Hall–Kier alpha value is -2.42. The summed E-state index contributed by atoms with van der Waals surface area (Å²) in [6.45, 7) is 2.01. The fraction of sp³-hybridized carbons (Fsp3) is 0.176. The Bertz CT molecular complexity index is 695. The summed E-state index contributed by atoms with van der Waals surface area (Å²) >= 11 is 0. The van der Waals surface area contributed by atoms with E-state index in [9.17, 15) is 5.11 Å². The average Bonchev–Trinajstić information content (AvgIpc) is 2.78. The van der Waals surface area contributed by atoms with E-state index in [4.69, 9.17) is 9.15 Å². The zero-order valence-electron chi connectivity index (χ0n) is 11.5. The molecule has 3 heteroatoms. The normalized spacial score (nSPS) is 10.9. The van der Waals surface area contributed by atoms with Gasteiger partial charge in [-0.3, -0.25) is 0 Å². The second-order valence-electron chi connectivity index (χ2n) is 4.88. The molecule has 0 fully saturated rings. The smallest absolute Gasteiger partial charge is 0.290 e. The summed E-state index contributed by atoms with van der Waals surface area (Å²) in [6.07, 6.45) is 2.33. The first kappa shape index (κ1) is 12.6. The topological polar surface area (TPSA) is 42.6 Å². The highest BCUT2D eigenvalue weighted by Crippen LogP contribution is 2.38. The predicted molar refractivity (Wildman–Crippen MR) is 77.5 cm³/mol. The quantitative estimate of drug-likeness (QED) is 0.780. The Labute approximate surface area is 117 Å². The third-order valence-electron chi connectivity index (χ3n) is 3.67. The van der Waals surface area contributed by atoms with Gasteiger partial charge in [0.05, 0.1) is 18.9 Å². The zero-order chi connectivity index (χ0) is 14.1. The molecular weight excluding hydrogens is 252 g/mol. The summed E-state index contributed by atoms with van der Waals surface area (Å²) in [7, 11) is 1.66. The van der Waals surface area contributed by atoms with Gasteiger partial charge in [-0.05, 0) is 53.8 Å². The first-order chi connectivity index (χ1) is 9.69. The minimum absolute atomic E-state index is 0.0130. The van der Waals surface area contributed by atoms with E-state index < -0.39 is 0 Å². The summed E-state index contributed by atoms with van der Waals surface area (Å²) < 4.78 is 10.2. The molecule has 1 aromatic rings. The molecule has 0 unspecified atom stereocenters. The van der Waals surface area contributed by atoms with Crippen molar-refractivity contribution in [3.63, 3.8) is 0 Å². The van der Waals surface area contributed by atoms with Crippen molar-refractivity contribution in [1.29, 1.82) is 0 Å². The van der Waals surface area contributed by atoms with Crippen molar-refractivity contribution in [3.05, 3.63) is 59.4 Å². The molecule has 0 bridgehead atoms. The predicted octanol–water partition coefficient (Wildman–Crippen LogP) is 4.00. The van der Waals surface area contributed by atoms with Crippen LogP contribution in [0.2, 0.25) is 0 Å². The summed E-state index contributed by atoms with van der Waals surface area (Å²) in [5.41, 5.74) is 5.28. The molecular formula is C17H16O3. The highest BCUT2D eigenvalue weighted by molar-refractivity contribution is 5.76. The van der Waals surface area contributed by atoms with Crippen LogP contribution in [-0.2, 0) is 6.42 Å². The molecule has 20 heavy (non-hydrogen) atoms. The molecule has 1 heterocycles. The van der Waals surface area contributed by atoms with Gasteiger partial charge in [0.15, 0.2) is 0 Å². The lowest BCUT2D eigenvalue weighted by Gasteiger charge is -2.04. The van der Waals surface area contributed by atoms with E-state index in [0.717, 1.165) is 28.9 Å². The fourth-order valence-corrected chi connectivity index (χ4v) is 2.54. The molecule has 0 atom stereocenters. The van der Waals surface area contributed by atoms with Crippen molar-refractivity contribution in [2.45, 2.75) is 13.3 Å². The van der Waals surface area contributed by atoms with Crippen LogP contribution in [0.5, 0.6) is 11.7 Å². The minimum Gasteiger partial charge on any atom is -0.497 e. The lowest BCUT2D eigenvalue weighted by molar-refractivity contribution is 0.325. The number of aromatic hydroxyl groups is 1. The molecule has 102 valence electrons. The lowest BCUT2D eigenvalue weighted by Crippen LogP contribution is -1.89. The van der Waals surface area contributed by atoms with E-state index in [1.807, 2.05) is 25.1 Å². The summed E-state index contributed by atoms with van der Waals surface area (Å²) in [4.78, 5) is 0. The number of rotatable bonds is 3. The van der Waals surface area contributed by atoms with E-state index in [1.165, 1.54) is 17.4 Å². The minimum atomic E-state index is -0.0130. The van der Waals surface area contributed by atoms with E-state index in [2.05, 4.69) is 18.2 Å². The van der Waals surface area contributed by atoms with Gasteiger partial charge in [0, 0.05) is 0 Å². The lowest BCUT2D eigenvalue weighted by atomic mass is 10.0. The van der Waals surface area contributed by atoms with Crippen LogP contribution in [0.3, 0.4) is 0 Å². The fourth-order valence-electron chi connectivity index (χ4n) is 2.54. The highest BCUT2D eigenvalue weighted by Gasteiger charge is 2.17. The number of hydrogen-bond donors (Lipinski definition) is 1. The molecule has 0 amide bonds. The Morgan fingerprint density at radius 2 is 1.90 bits per heavy atom. The van der Waals surface area contributed by atoms with E-state index in [1.54, 1.807) is 7.11 Å². The van der Waals surface area contributed by atoms with Crippen LogP contribution < -0.4 is 4.74 Å². The Balaban J connectivity index is 1.96. The summed E-state index contributed by atoms with van der Waals surface area (Å²) in [6, 6.07) is 12.0. The van der Waals surface area contributed by atoms with Gasteiger partial charge in [0.1, 0.15) is 5.75 Å². The molecule has 0 radical (unpaired) electrons. The van der Waals surface area contributed by atoms with Gasteiger partial charge in [-0.1, -0.05) is 18.2 Å². The van der Waals surface area contributed by atoms with Gasteiger partial charge >= 0.3 is 0 Å². The van der Waals surface area contributed by atoms with Crippen molar-refractivity contribution in [1.82, 2.24) is 0 Å². The Morgan fingerprint density at radius 3 is 2.55 bits per heavy atom. The standard InChI is InChI=1S/C17H16O3/c1-11-14(9-12-3-5-15(19-2)6-4-12)10-13-7-8-20-17(18)16(11)13/h3-8,10,18H,9H2,1-2H3. The van der Waals surface area contributed by atoms with Crippen LogP contribution >= 0.6 is 0 Å². The third-order valence-corrected chi connectivity index (χ3v) is 3.67. The van der Waals surface area contributed by atoms with Crippen LogP contribution in [0.15, 0.2) is 47.1 Å². The first-order valence-corrected chi connectivity index (χ1v) is 6.50. The third kappa shape index (κ3) is 2.11. The molecule has 0 aromatic heterocycles. The van der Waals surface area contributed by atoms with Gasteiger partial charge in [0.25, 0.3) is 5.95 Å². The Morgan fingerprint density at radius 1 is 1.15 bits per heavy atom. The van der Waals surface area contributed by atoms with E-state index >= 15 is 0 Å². The van der Waals surface area contributed by atoms with Gasteiger partial charge in [-0.2, -0.15) is 0 Å². The number of benzene rings is 1. The SMILES string of the molecule is COc1ccc(Cc2cc3ccoc(O)c-3c2C)cc1. The molecule has 1 N–H and O–H groups in total. The summed E-state index contributed by atoms with van der Waals surface area (Å²) in [5.74, 6) is 0.843. The molecule has 0 saturated heterocycles. The van der Waals surface area contributed by atoms with Crippen LogP contribution in [0.25, 0.3) is 11.1 Å².